The Hall–Kier alpha value is -0.870. The van der Waals surface area contributed by atoms with Crippen LogP contribution in [-0.2, 0) is 16.1 Å². The Bertz CT molecular complexity index is 342. The third-order valence-electron chi connectivity index (χ3n) is 2.11. The summed E-state index contributed by atoms with van der Waals surface area (Å²) in [4.78, 5) is 11.4. The molecule has 3 nitrogen and oxygen atoms in total. The summed E-state index contributed by atoms with van der Waals surface area (Å²) in [6.07, 6.45) is 0.415. The standard InChI is InChI=1S/C12H16BrNO2/c1-2-16-8-7-12(15)14-9-10-5-3-4-6-11(10)13/h3-6H,2,7-9H2,1H3,(H,14,15). The second kappa shape index (κ2) is 7.41. The molecule has 0 bridgehead atoms. The van der Waals surface area contributed by atoms with Gasteiger partial charge in [0.1, 0.15) is 0 Å². The van der Waals surface area contributed by atoms with Gasteiger partial charge in [-0.2, -0.15) is 0 Å². The first kappa shape index (κ1) is 13.2. The highest BCUT2D eigenvalue weighted by Gasteiger charge is 2.02. The van der Waals surface area contributed by atoms with Crippen LogP contribution in [0, 0.1) is 0 Å². The Labute approximate surface area is 104 Å². The third-order valence-corrected chi connectivity index (χ3v) is 2.89. The molecule has 16 heavy (non-hydrogen) atoms. The van der Waals surface area contributed by atoms with Crippen molar-refractivity contribution in [1.29, 1.82) is 0 Å². The summed E-state index contributed by atoms with van der Waals surface area (Å²) in [6.45, 7) is 3.60. The van der Waals surface area contributed by atoms with Crippen molar-refractivity contribution >= 4 is 21.8 Å². The molecule has 0 aromatic heterocycles. The van der Waals surface area contributed by atoms with E-state index in [1.54, 1.807) is 0 Å². The fourth-order valence-electron chi connectivity index (χ4n) is 1.23. The quantitative estimate of drug-likeness (QED) is 0.816. The van der Waals surface area contributed by atoms with E-state index in [9.17, 15) is 4.79 Å². The molecule has 0 heterocycles. The van der Waals surface area contributed by atoms with Gasteiger partial charge in [-0.1, -0.05) is 34.1 Å². The van der Waals surface area contributed by atoms with E-state index in [-0.39, 0.29) is 5.91 Å². The molecule has 1 aromatic rings. The maximum Gasteiger partial charge on any atom is 0.222 e. The lowest BCUT2D eigenvalue weighted by Crippen LogP contribution is -2.24. The zero-order valence-corrected chi connectivity index (χ0v) is 10.9. The van der Waals surface area contributed by atoms with Crippen LogP contribution >= 0.6 is 15.9 Å². The van der Waals surface area contributed by atoms with E-state index in [1.165, 1.54) is 0 Å². The van der Waals surface area contributed by atoms with Crippen molar-refractivity contribution in [3.8, 4) is 0 Å². The summed E-state index contributed by atoms with van der Waals surface area (Å²) in [5.74, 6) is 0.0178. The Morgan fingerprint density at radius 1 is 1.44 bits per heavy atom. The van der Waals surface area contributed by atoms with Crippen molar-refractivity contribution in [3.63, 3.8) is 0 Å². The van der Waals surface area contributed by atoms with Gasteiger partial charge in [0.2, 0.25) is 5.91 Å². The molecule has 0 saturated carbocycles. The van der Waals surface area contributed by atoms with Crippen molar-refractivity contribution in [3.05, 3.63) is 34.3 Å². The van der Waals surface area contributed by atoms with Crippen LogP contribution in [0.3, 0.4) is 0 Å². The van der Waals surface area contributed by atoms with Crippen molar-refractivity contribution in [1.82, 2.24) is 5.32 Å². The van der Waals surface area contributed by atoms with Gasteiger partial charge in [0, 0.05) is 24.0 Å². The maximum absolute atomic E-state index is 11.4. The smallest absolute Gasteiger partial charge is 0.222 e. The van der Waals surface area contributed by atoms with E-state index >= 15 is 0 Å². The largest absolute Gasteiger partial charge is 0.381 e. The molecule has 1 aromatic carbocycles. The summed E-state index contributed by atoms with van der Waals surface area (Å²) >= 11 is 3.43. The third kappa shape index (κ3) is 4.77. The molecular formula is C12H16BrNO2. The molecule has 1 N–H and O–H groups in total. The number of amides is 1. The first-order valence-electron chi connectivity index (χ1n) is 5.32. The average molecular weight is 286 g/mol. The van der Waals surface area contributed by atoms with Crippen LogP contribution < -0.4 is 5.32 Å². The van der Waals surface area contributed by atoms with Gasteiger partial charge in [0.05, 0.1) is 6.61 Å². The first-order valence-corrected chi connectivity index (χ1v) is 6.11. The number of halogens is 1. The lowest BCUT2D eigenvalue weighted by Gasteiger charge is -2.06. The Balaban J connectivity index is 2.29. The number of ether oxygens (including phenoxy) is 1. The summed E-state index contributed by atoms with van der Waals surface area (Å²) in [7, 11) is 0. The maximum atomic E-state index is 11.4. The number of carbonyl (C=O) groups is 1. The van der Waals surface area contributed by atoms with Gasteiger partial charge in [-0.25, -0.2) is 0 Å². The van der Waals surface area contributed by atoms with Crippen molar-refractivity contribution in [2.24, 2.45) is 0 Å². The number of hydrogen-bond acceptors (Lipinski definition) is 2. The van der Waals surface area contributed by atoms with E-state index in [4.69, 9.17) is 4.74 Å². The fraction of sp³-hybridized carbons (Fsp3) is 0.417. The van der Waals surface area contributed by atoms with Gasteiger partial charge in [0.25, 0.3) is 0 Å². The molecule has 0 fully saturated rings. The molecule has 0 atom stereocenters. The minimum Gasteiger partial charge on any atom is -0.381 e. The summed E-state index contributed by atoms with van der Waals surface area (Å²) in [5.41, 5.74) is 1.08. The number of benzene rings is 1. The van der Waals surface area contributed by atoms with Crippen molar-refractivity contribution in [2.75, 3.05) is 13.2 Å². The van der Waals surface area contributed by atoms with E-state index < -0.39 is 0 Å². The molecule has 0 aliphatic carbocycles. The molecule has 1 amide bonds. The molecule has 0 saturated heterocycles. The highest BCUT2D eigenvalue weighted by atomic mass is 79.9. The first-order chi connectivity index (χ1) is 7.74. The highest BCUT2D eigenvalue weighted by Crippen LogP contribution is 2.15. The SMILES string of the molecule is CCOCCC(=O)NCc1ccccc1Br. The molecular weight excluding hydrogens is 270 g/mol. The molecule has 0 radical (unpaired) electrons. The van der Waals surface area contributed by atoms with E-state index in [2.05, 4.69) is 21.2 Å². The van der Waals surface area contributed by atoms with Gasteiger partial charge >= 0.3 is 0 Å². The fourth-order valence-corrected chi connectivity index (χ4v) is 1.66. The van der Waals surface area contributed by atoms with E-state index in [1.807, 2.05) is 31.2 Å². The summed E-state index contributed by atoms with van der Waals surface area (Å²) in [5, 5.41) is 2.85. The topological polar surface area (TPSA) is 38.3 Å². The Kier molecular flexibility index (Phi) is 6.11. The number of hydrogen-bond donors (Lipinski definition) is 1. The van der Waals surface area contributed by atoms with Crippen molar-refractivity contribution < 1.29 is 9.53 Å². The Morgan fingerprint density at radius 3 is 2.88 bits per heavy atom. The average Bonchev–Trinajstić information content (AvgIpc) is 2.28. The van der Waals surface area contributed by atoms with Gasteiger partial charge in [-0.05, 0) is 18.6 Å². The van der Waals surface area contributed by atoms with Crippen LogP contribution in [-0.4, -0.2) is 19.1 Å². The normalized spacial score (nSPS) is 10.1. The molecule has 0 spiro atoms. The van der Waals surface area contributed by atoms with Crippen LogP contribution in [0.15, 0.2) is 28.7 Å². The number of rotatable bonds is 6. The lowest BCUT2D eigenvalue weighted by atomic mass is 10.2. The van der Waals surface area contributed by atoms with Crippen LogP contribution in [0.1, 0.15) is 18.9 Å². The predicted molar refractivity (Wildman–Crippen MR) is 67.1 cm³/mol. The molecule has 0 aliphatic heterocycles. The number of nitrogens with one attached hydrogen (secondary N) is 1. The predicted octanol–water partition coefficient (Wildman–Crippen LogP) is 2.49. The second-order valence-electron chi connectivity index (χ2n) is 3.32. The van der Waals surface area contributed by atoms with E-state index in [0.717, 1.165) is 10.0 Å². The molecule has 1 rings (SSSR count). The van der Waals surface area contributed by atoms with E-state index in [0.29, 0.717) is 26.2 Å². The highest BCUT2D eigenvalue weighted by molar-refractivity contribution is 9.10. The lowest BCUT2D eigenvalue weighted by molar-refractivity contribution is -0.122. The van der Waals surface area contributed by atoms with Gasteiger partial charge in [-0.3, -0.25) is 4.79 Å². The van der Waals surface area contributed by atoms with Crippen molar-refractivity contribution in [2.45, 2.75) is 19.9 Å². The monoisotopic (exact) mass is 285 g/mol. The molecule has 0 aliphatic rings. The number of carbonyl (C=O) groups excluding carboxylic acids is 1. The Morgan fingerprint density at radius 2 is 2.19 bits per heavy atom. The summed E-state index contributed by atoms with van der Waals surface area (Å²) < 4.78 is 6.12. The second-order valence-corrected chi connectivity index (χ2v) is 4.17. The molecule has 88 valence electrons. The van der Waals surface area contributed by atoms with Crippen LogP contribution in [0.5, 0.6) is 0 Å². The van der Waals surface area contributed by atoms with Gasteiger partial charge < -0.3 is 10.1 Å². The zero-order valence-electron chi connectivity index (χ0n) is 9.33. The minimum absolute atomic E-state index is 0.0178. The van der Waals surface area contributed by atoms with Crippen LogP contribution in [0.4, 0.5) is 0 Å². The summed E-state index contributed by atoms with van der Waals surface area (Å²) in [6, 6.07) is 7.84. The van der Waals surface area contributed by atoms with Gasteiger partial charge in [0.15, 0.2) is 0 Å². The van der Waals surface area contributed by atoms with Crippen LogP contribution in [0.2, 0.25) is 0 Å². The zero-order chi connectivity index (χ0) is 11.8. The molecule has 4 heteroatoms. The minimum atomic E-state index is 0.0178. The van der Waals surface area contributed by atoms with Gasteiger partial charge in [-0.15, -0.1) is 0 Å². The molecule has 0 unspecified atom stereocenters. The van der Waals surface area contributed by atoms with Crippen LogP contribution in [0.25, 0.3) is 0 Å².